The van der Waals surface area contributed by atoms with Crippen LogP contribution in [0.4, 0.5) is 5.69 Å². The molecule has 7 heteroatoms. The molecule has 1 aromatic heterocycles. The third-order valence-corrected chi connectivity index (χ3v) is 4.13. The number of carbonyl (C=O) groups is 2. The smallest absolute Gasteiger partial charge is 0.341 e. The molecular formula is C19H16ClNO5. The predicted octanol–water partition coefficient (Wildman–Crippen LogP) is 4.51. The van der Waals surface area contributed by atoms with Gasteiger partial charge in [0.05, 0.1) is 24.9 Å². The van der Waals surface area contributed by atoms with Crippen molar-refractivity contribution in [1.29, 1.82) is 0 Å². The Morgan fingerprint density at radius 2 is 1.81 bits per heavy atom. The number of amides is 1. The minimum Gasteiger partial charge on any atom is -0.497 e. The molecule has 0 radical (unpaired) electrons. The van der Waals surface area contributed by atoms with Gasteiger partial charge in [-0.1, -0.05) is 11.6 Å². The molecule has 134 valence electrons. The fourth-order valence-electron chi connectivity index (χ4n) is 2.63. The Labute approximate surface area is 154 Å². The number of fused-ring (bicyclic) bond motifs is 1. The molecule has 0 atom stereocenters. The van der Waals surface area contributed by atoms with Gasteiger partial charge in [-0.2, -0.15) is 0 Å². The number of rotatable bonds is 4. The van der Waals surface area contributed by atoms with E-state index in [1.54, 1.807) is 25.3 Å². The van der Waals surface area contributed by atoms with Crippen LogP contribution in [0.15, 0.2) is 40.8 Å². The van der Waals surface area contributed by atoms with Gasteiger partial charge in [0.15, 0.2) is 5.58 Å². The summed E-state index contributed by atoms with van der Waals surface area (Å²) in [6, 6.07) is 10.4. The third-order valence-electron chi connectivity index (χ3n) is 3.84. The molecule has 0 bridgehead atoms. The lowest BCUT2D eigenvalue weighted by Gasteiger charge is -2.08. The first kappa shape index (κ1) is 17.8. The molecule has 0 unspecified atom stereocenters. The maximum absolute atomic E-state index is 12.1. The first-order valence-corrected chi connectivity index (χ1v) is 8.08. The minimum absolute atomic E-state index is 0.182. The number of benzene rings is 2. The Morgan fingerprint density at radius 1 is 1.12 bits per heavy atom. The lowest BCUT2D eigenvalue weighted by molar-refractivity contribution is -0.114. The molecule has 0 saturated heterocycles. The van der Waals surface area contributed by atoms with E-state index in [-0.39, 0.29) is 22.1 Å². The highest BCUT2D eigenvalue weighted by molar-refractivity contribution is 6.36. The van der Waals surface area contributed by atoms with E-state index >= 15 is 0 Å². The summed E-state index contributed by atoms with van der Waals surface area (Å²) >= 11 is 6.27. The normalized spacial score (nSPS) is 10.6. The van der Waals surface area contributed by atoms with Crippen LogP contribution < -0.4 is 10.1 Å². The predicted molar refractivity (Wildman–Crippen MR) is 98.9 cm³/mol. The molecular weight excluding hydrogens is 358 g/mol. The van der Waals surface area contributed by atoms with E-state index in [2.05, 4.69) is 5.32 Å². The molecule has 1 heterocycles. The summed E-state index contributed by atoms with van der Waals surface area (Å²) in [6.45, 7) is 1.38. The first-order chi connectivity index (χ1) is 12.4. The zero-order chi connectivity index (χ0) is 18.8. The van der Waals surface area contributed by atoms with Gasteiger partial charge in [0.1, 0.15) is 17.1 Å². The highest BCUT2D eigenvalue weighted by Gasteiger charge is 2.22. The van der Waals surface area contributed by atoms with Crippen LogP contribution >= 0.6 is 11.6 Å². The molecule has 2 aromatic carbocycles. The van der Waals surface area contributed by atoms with Gasteiger partial charge in [-0.15, -0.1) is 0 Å². The van der Waals surface area contributed by atoms with Crippen LogP contribution in [0.1, 0.15) is 17.3 Å². The molecule has 0 aliphatic rings. The van der Waals surface area contributed by atoms with E-state index in [1.807, 2.05) is 12.1 Å². The zero-order valence-electron chi connectivity index (χ0n) is 14.4. The van der Waals surface area contributed by atoms with Crippen molar-refractivity contribution in [1.82, 2.24) is 0 Å². The average Bonchev–Trinajstić information content (AvgIpc) is 3.08. The fourth-order valence-corrected chi connectivity index (χ4v) is 2.89. The second kappa shape index (κ2) is 7.09. The van der Waals surface area contributed by atoms with Crippen molar-refractivity contribution in [3.05, 3.63) is 47.0 Å². The number of carbonyl (C=O) groups excluding carboxylic acids is 2. The van der Waals surface area contributed by atoms with Crippen molar-refractivity contribution < 1.29 is 23.5 Å². The van der Waals surface area contributed by atoms with E-state index < -0.39 is 5.97 Å². The maximum Gasteiger partial charge on any atom is 0.341 e. The molecule has 6 nitrogen and oxygen atoms in total. The van der Waals surface area contributed by atoms with Crippen LogP contribution in [0.5, 0.6) is 5.75 Å². The number of furan rings is 1. The molecule has 0 spiro atoms. The first-order valence-electron chi connectivity index (χ1n) is 7.71. The number of halogens is 1. The van der Waals surface area contributed by atoms with Gasteiger partial charge >= 0.3 is 5.97 Å². The summed E-state index contributed by atoms with van der Waals surface area (Å²) in [5.74, 6) is 0.358. The van der Waals surface area contributed by atoms with E-state index in [0.29, 0.717) is 22.6 Å². The highest BCUT2D eigenvalue weighted by atomic mass is 35.5. The van der Waals surface area contributed by atoms with Crippen LogP contribution in [-0.4, -0.2) is 26.1 Å². The van der Waals surface area contributed by atoms with Crippen molar-refractivity contribution in [2.24, 2.45) is 0 Å². The lowest BCUT2D eigenvalue weighted by Crippen LogP contribution is -2.08. The van der Waals surface area contributed by atoms with Gasteiger partial charge in [-0.05, 0) is 36.4 Å². The van der Waals surface area contributed by atoms with E-state index in [4.69, 9.17) is 25.5 Å². The summed E-state index contributed by atoms with van der Waals surface area (Å²) in [5, 5.41) is 3.41. The zero-order valence-corrected chi connectivity index (χ0v) is 15.1. The summed E-state index contributed by atoms with van der Waals surface area (Å²) < 4.78 is 15.9. The lowest BCUT2D eigenvalue weighted by atomic mass is 10.1. The average molecular weight is 374 g/mol. The SMILES string of the molecule is COC(=O)c1cc(Cl)c(NC(C)=O)c2cc(-c3ccc(OC)cc3)oc12. The largest absolute Gasteiger partial charge is 0.497 e. The molecule has 0 fully saturated rings. The minimum atomic E-state index is -0.582. The van der Waals surface area contributed by atoms with Gasteiger partial charge in [-0.3, -0.25) is 4.79 Å². The Kier molecular flexibility index (Phi) is 4.86. The van der Waals surface area contributed by atoms with E-state index in [1.165, 1.54) is 20.1 Å². The maximum atomic E-state index is 12.1. The summed E-state index contributed by atoms with van der Waals surface area (Å²) in [7, 11) is 2.86. The number of hydrogen-bond donors (Lipinski definition) is 1. The Morgan fingerprint density at radius 3 is 2.38 bits per heavy atom. The van der Waals surface area contributed by atoms with Crippen LogP contribution in [0, 0.1) is 0 Å². The Balaban J connectivity index is 2.23. The molecule has 0 aliphatic carbocycles. The van der Waals surface area contributed by atoms with Crippen molar-refractivity contribution in [2.45, 2.75) is 6.92 Å². The summed E-state index contributed by atoms with van der Waals surface area (Å²) in [4.78, 5) is 23.6. The van der Waals surface area contributed by atoms with Crippen molar-refractivity contribution in [3.63, 3.8) is 0 Å². The van der Waals surface area contributed by atoms with Gasteiger partial charge in [0.2, 0.25) is 5.91 Å². The van der Waals surface area contributed by atoms with Gasteiger partial charge in [-0.25, -0.2) is 4.79 Å². The number of methoxy groups -OCH3 is 2. The van der Waals surface area contributed by atoms with Crippen LogP contribution in [-0.2, 0) is 9.53 Å². The van der Waals surface area contributed by atoms with Crippen LogP contribution in [0.25, 0.3) is 22.3 Å². The van der Waals surface area contributed by atoms with Crippen LogP contribution in [0.2, 0.25) is 5.02 Å². The number of ether oxygens (including phenoxy) is 2. The molecule has 0 saturated carbocycles. The number of anilines is 1. The third kappa shape index (κ3) is 3.23. The van der Waals surface area contributed by atoms with Gasteiger partial charge in [0, 0.05) is 17.9 Å². The second-order valence-electron chi connectivity index (χ2n) is 5.54. The number of esters is 1. The number of nitrogens with one attached hydrogen (secondary N) is 1. The van der Waals surface area contributed by atoms with Gasteiger partial charge in [0.25, 0.3) is 0 Å². The highest BCUT2D eigenvalue weighted by Crippen LogP contribution is 2.39. The molecule has 0 aliphatic heterocycles. The molecule has 3 rings (SSSR count). The van der Waals surface area contributed by atoms with E-state index in [9.17, 15) is 9.59 Å². The van der Waals surface area contributed by atoms with Crippen molar-refractivity contribution in [2.75, 3.05) is 19.5 Å². The van der Waals surface area contributed by atoms with Crippen LogP contribution in [0.3, 0.4) is 0 Å². The van der Waals surface area contributed by atoms with Crippen molar-refractivity contribution in [3.8, 4) is 17.1 Å². The monoisotopic (exact) mass is 373 g/mol. The molecule has 26 heavy (non-hydrogen) atoms. The Hall–Kier alpha value is -2.99. The quantitative estimate of drug-likeness (QED) is 0.681. The van der Waals surface area contributed by atoms with Gasteiger partial charge < -0.3 is 19.2 Å². The Bertz CT molecular complexity index is 991. The molecule has 1 amide bonds. The summed E-state index contributed by atoms with van der Waals surface area (Å²) in [5.41, 5.74) is 1.63. The summed E-state index contributed by atoms with van der Waals surface area (Å²) in [6.07, 6.45) is 0. The standard InChI is InChI=1S/C19H16ClNO5/c1-10(22)21-17-13-9-16(11-4-6-12(24-2)7-5-11)26-18(13)14(8-15(17)20)19(23)25-3/h4-9H,1-3H3,(H,21,22). The van der Waals surface area contributed by atoms with Crippen molar-refractivity contribution >= 4 is 40.1 Å². The number of hydrogen-bond acceptors (Lipinski definition) is 5. The topological polar surface area (TPSA) is 77.8 Å². The van der Waals surface area contributed by atoms with E-state index in [0.717, 1.165) is 5.56 Å². The fraction of sp³-hybridized carbons (Fsp3) is 0.158. The molecule has 1 N–H and O–H groups in total. The molecule has 3 aromatic rings. The second-order valence-corrected chi connectivity index (χ2v) is 5.94.